The summed E-state index contributed by atoms with van der Waals surface area (Å²) in [5.41, 5.74) is 1.38. The zero-order valence-electron chi connectivity index (χ0n) is 16.3. The number of halogens is 3. The maximum atomic E-state index is 13.3. The summed E-state index contributed by atoms with van der Waals surface area (Å²) in [4.78, 5) is 0. The van der Waals surface area contributed by atoms with Gasteiger partial charge in [-0.25, -0.2) is 13.1 Å². The van der Waals surface area contributed by atoms with E-state index in [0.29, 0.717) is 24.1 Å². The van der Waals surface area contributed by atoms with Gasteiger partial charge in [-0.05, 0) is 36.6 Å². The second kappa shape index (κ2) is 7.86. The van der Waals surface area contributed by atoms with Crippen LogP contribution in [0.5, 0.6) is 0 Å². The van der Waals surface area contributed by atoms with Gasteiger partial charge in [0.1, 0.15) is 0 Å². The normalized spacial score (nSPS) is 26.4. The van der Waals surface area contributed by atoms with Gasteiger partial charge in [0.15, 0.2) is 0 Å². The van der Waals surface area contributed by atoms with Gasteiger partial charge in [-0.3, -0.25) is 0 Å². The minimum Gasteiger partial charge on any atom is -0.378 e. The van der Waals surface area contributed by atoms with Crippen LogP contribution in [0, 0.1) is 5.92 Å². The fourth-order valence-electron chi connectivity index (χ4n) is 4.32. The molecule has 0 spiro atoms. The van der Waals surface area contributed by atoms with E-state index >= 15 is 0 Å². The first-order chi connectivity index (χ1) is 14.1. The van der Waals surface area contributed by atoms with Gasteiger partial charge < -0.3 is 10.1 Å². The summed E-state index contributed by atoms with van der Waals surface area (Å²) < 4.78 is 71.5. The smallest absolute Gasteiger partial charge is 0.378 e. The number of hydrogen-bond acceptors (Lipinski definition) is 4. The average molecular weight is 440 g/mol. The molecule has 0 aromatic heterocycles. The molecule has 0 saturated carbocycles. The molecule has 1 fully saturated rings. The number of alkyl halides is 3. The monoisotopic (exact) mass is 440 g/mol. The minimum atomic E-state index is -4.45. The molecule has 0 bridgehead atoms. The Morgan fingerprint density at radius 1 is 1.13 bits per heavy atom. The summed E-state index contributed by atoms with van der Waals surface area (Å²) in [6, 6.07) is 13.3. The molecule has 4 atom stereocenters. The van der Waals surface area contributed by atoms with Gasteiger partial charge in [0.25, 0.3) is 0 Å². The topological polar surface area (TPSA) is 67.4 Å². The average Bonchev–Trinajstić information content (AvgIpc) is 2.70. The van der Waals surface area contributed by atoms with Crippen molar-refractivity contribution >= 4 is 15.7 Å². The van der Waals surface area contributed by atoms with Gasteiger partial charge in [-0.1, -0.05) is 30.3 Å². The van der Waals surface area contributed by atoms with Crippen molar-refractivity contribution < 1.29 is 26.3 Å². The van der Waals surface area contributed by atoms with Crippen LogP contribution in [-0.4, -0.2) is 27.3 Å². The van der Waals surface area contributed by atoms with E-state index in [1.807, 2.05) is 30.3 Å². The third kappa shape index (κ3) is 4.48. The van der Waals surface area contributed by atoms with E-state index in [2.05, 4.69) is 10.0 Å². The van der Waals surface area contributed by atoms with E-state index in [0.717, 1.165) is 24.0 Å². The van der Waals surface area contributed by atoms with Crippen molar-refractivity contribution in [3.63, 3.8) is 0 Å². The van der Waals surface area contributed by atoms with Crippen LogP contribution in [0.1, 0.15) is 41.7 Å². The lowest BCUT2D eigenvalue weighted by Crippen LogP contribution is -2.43. The first-order valence-corrected chi connectivity index (χ1v) is 11.6. The highest BCUT2D eigenvalue weighted by Gasteiger charge is 2.43. The standard InChI is InChI=1S/C21H23F3N2O3S/c1-30(27,28)25-12-15-8-9-16-19(13-5-3-2-4-6-13)26-18-10-7-14(21(22,23)24)11-17(18)20(16)29-15/h2-7,10-11,15-16,19-20,25-26H,8-9,12H2,1H3/t15-,16?,19+,20+/m1/s1. The molecule has 2 aliphatic rings. The lowest BCUT2D eigenvalue weighted by Gasteiger charge is -2.46. The van der Waals surface area contributed by atoms with Crippen molar-refractivity contribution in [1.29, 1.82) is 0 Å². The second-order valence-electron chi connectivity index (χ2n) is 7.87. The third-order valence-corrected chi connectivity index (χ3v) is 6.40. The molecule has 0 amide bonds. The Kier molecular flexibility index (Phi) is 5.54. The summed E-state index contributed by atoms with van der Waals surface area (Å²) in [7, 11) is -3.38. The molecule has 1 saturated heterocycles. The van der Waals surface area contributed by atoms with Gasteiger partial charge in [0.05, 0.1) is 30.1 Å². The minimum absolute atomic E-state index is 0.0714. The van der Waals surface area contributed by atoms with Crippen molar-refractivity contribution in [3.8, 4) is 0 Å². The summed E-state index contributed by atoms with van der Waals surface area (Å²) in [5, 5.41) is 3.40. The molecular weight excluding hydrogens is 417 g/mol. The zero-order chi connectivity index (χ0) is 21.5. The molecule has 30 heavy (non-hydrogen) atoms. The van der Waals surface area contributed by atoms with Gasteiger partial charge in [-0.2, -0.15) is 13.2 Å². The molecule has 162 valence electrons. The fraction of sp³-hybridized carbons (Fsp3) is 0.429. The molecular formula is C21H23F3N2O3S. The number of rotatable bonds is 4. The Morgan fingerprint density at radius 2 is 1.87 bits per heavy atom. The number of benzene rings is 2. The van der Waals surface area contributed by atoms with Crippen molar-refractivity contribution in [3.05, 3.63) is 65.2 Å². The number of hydrogen-bond donors (Lipinski definition) is 2. The predicted molar refractivity (Wildman–Crippen MR) is 107 cm³/mol. The highest BCUT2D eigenvalue weighted by Crippen LogP contribution is 2.51. The number of ether oxygens (including phenoxy) is 1. The molecule has 2 N–H and O–H groups in total. The lowest BCUT2D eigenvalue weighted by atomic mass is 9.76. The molecule has 2 aromatic rings. The first kappa shape index (κ1) is 21.1. The van der Waals surface area contributed by atoms with Gasteiger partial charge in [0, 0.05) is 23.7 Å². The maximum absolute atomic E-state index is 13.3. The Morgan fingerprint density at radius 3 is 2.53 bits per heavy atom. The lowest BCUT2D eigenvalue weighted by molar-refractivity contribution is -0.138. The van der Waals surface area contributed by atoms with Gasteiger partial charge in [0.2, 0.25) is 10.0 Å². The van der Waals surface area contributed by atoms with Crippen LogP contribution in [-0.2, 0) is 20.9 Å². The number of anilines is 1. The highest BCUT2D eigenvalue weighted by molar-refractivity contribution is 7.88. The first-order valence-electron chi connectivity index (χ1n) is 9.74. The molecule has 0 radical (unpaired) electrons. The van der Waals surface area contributed by atoms with E-state index in [4.69, 9.17) is 4.74 Å². The molecule has 0 aliphatic carbocycles. The van der Waals surface area contributed by atoms with Crippen molar-refractivity contribution in [2.75, 3.05) is 18.1 Å². The quantitative estimate of drug-likeness (QED) is 0.746. The van der Waals surface area contributed by atoms with E-state index in [-0.39, 0.29) is 18.5 Å². The van der Waals surface area contributed by atoms with Crippen LogP contribution in [0.15, 0.2) is 48.5 Å². The predicted octanol–water partition coefficient (Wildman–Crippen LogP) is 4.26. The summed E-state index contributed by atoms with van der Waals surface area (Å²) in [5.74, 6) is -0.0714. The molecule has 5 nitrogen and oxygen atoms in total. The van der Waals surface area contributed by atoms with E-state index in [9.17, 15) is 21.6 Å². The Balaban J connectivity index is 1.69. The summed E-state index contributed by atoms with van der Waals surface area (Å²) >= 11 is 0. The fourth-order valence-corrected chi connectivity index (χ4v) is 4.81. The number of nitrogens with one attached hydrogen (secondary N) is 2. The molecule has 4 rings (SSSR count). The molecule has 1 unspecified atom stereocenters. The van der Waals surface area contributed by atoms with E-state index < -0.39 is 34.0 Å². The molecule has 9 heteroatoms. The molecule has 2 heterocycles. The highest BCUT2D eigenvalue weighted by atomic mass is 32.2. The zero-order valence-corrected chi connectivity index (χ0v) is 17.1. The Hall–Kier alpha value is -2.10. The van der Waals surface area contributed by atoms with Gasteiger partial charge in [-0.15, -0.1) is 0 Å². The summed E-state index contributed by atoms with van der Waals surface area (Å²) in [6.45, 7) is 0.0970. The Labute approximate surface area is 173 Å². The number of fused-ring (bicyclic) bond motifs is 3. The Bertz CT molecular complexity index is 1010. The molecule has 2 aliphatic heterocycles. The molecule has 2 aromatic carbocycles. The van der Waals surface area contributed by atoms with Crippen LogP contribution in [0.25, 0.3) is 0 Å². The van der Waals surface area contributed by atoms with Crippen molar-refractivity contribution in [2.45, 2.75) is 37.3 Å². The van der Waals surface area contributed by atoms with Crippen LogP contribution in [0.4, 0.5) is 18.9 Å². The van der Waals surface area contributed by atoms with Crippen LogP contribution in [0.2, 0.25) is 0 Å². The van der Waals surface area contributed by atoms with Crippen LogP contribution < -0.4 is 10.0 Å². The van der Waals surface area contributed by atoms with Crippen molar-refractivity contribution in [1.82, 2.24) is 4.72 Å². The SMILES string of the molecule is CS(=O)(=O)NC[C@H]1CCC2[C@H](O1)c1cc(C(F)(F)F)ccc1N[C@H]2c1ccccc1. The third-order valence-electron chi connectivity index (χ3n) is 5.71. The van der Waals surface area contributed by atoms with E-state index in [1.54, 1.807) is 0 Å². The number of sulfonamides is 1. The van der Waals surface area contributed by atoms with Crippen LogP contribution in [0.3, 0.4) is 0 Å². The summed E-state index contributed by atoms with van der Waals surface area (Å²) in [6.07, 6.45) is -3.04. The van der Waals surface area contributed by atoms with Gasteiger partial charge >= 0.3 is 6.18 Å². The largest absolute Gasteiger partial charge is 0.416 e. The van der Waals surface area contributed by atoms with Crippen molar-refractivity contribution in [2.24, 2.45) is 5.92 Å². The van der Waals surface area contributed by atoms with Crippen LogP contribution >= 0.6 is 0 Å². The van der Waals surface area contributed by atoms with E-state index in [1.165, 1.54) is 6.07 Å². The maximum Gasteiger partial charge on any atom is 0.416 e. The second-order valence-corrected chi connectivity index (χ2v) is 9.71.